The van der Waals surface area contributed by atoms with Crippen LogP contribution in [0, 0.1) is 18.6 Å². The molecule has 0 saturated heterocycles. The number of benzene rings is 2. The maximum absolute atomic E-state index is 13.6. The van der Waals surface area contributed by atoms with Crippen molar-refractivity contribution in [3.8, 4) is 0 Å². The van der Waals surface area contributed by atoms with E-state index in [2.05, 4.69) is 21.2 Å². The van der Waals surface area contributed by atoms with E-state index in [1.54, 1.807) is 0 Å². The third-order valence-electron chi connectivity index (χ3n) is 3.09. The van der Waals surface area contributed by atoms with E-state index < -0.39 is 17.5 Å². The lowest BCUT2D eigenvalue weighted by atomic mass is 10.1. The van der Waals surface area contributed by atoms with E-state index in [-0.39, 0.29) is 17.7 Å². The second kappa shape index (κ2) is 6.80. The Morgan fingerprint density at radius 1 is 1.14 bits per heavy atom. The van der Waals surface area contributed by atoms with Crippen molar-refractivity contribution in [1.29, 1.82) is 0 Å². The molecule has 2 aromatic carbocycles. The fraction of sp³-hybridized carbons (Fsp3) is 0.188. The fourth-order valence-electron chi connectivity index (χ4n) is 1.93. The highest BCUT2D eigenvalue weighted by atomic mass is 79.9. The summed E-state index contributed by atoms with van der Waals surface area (Å²) in [6.07, 6.45) is 0. The largest absolute Gasteiger partial charge is 0.348 e. The Morgan fingerprint density at radius 3 is 2.57 bits per heavy atom. The van der Waals surface area contributed by atoms with Crippen LogP contribution in [0.3, 0.4) is 0 Å². The van der Waals surface area contributed by atoms with Crippen molar-refractivity contribution >= 4 is 21.8 Å². The number of carbonyl (C=O) groups is 1. The molecule has 0 aromatic heterocycles. The molecule has 110 valence electrons. The number of halogens is 3. The SMILES string of the molecule is Cc1cc(C(=O)NCc2cccc(CBr)c2)c(F)cc1F. The van der Waals surface area contributed by atoms with E-state index in [1.165, 1.54) is 13.0 Å². The number of rotatable bonds is 4. The van der Waals surface area contributed by atoms with Crippen LogP contribution in [0.5, 0.6) is 0 Å². The Bertz CT molecular complexity index is 673. The van der Waals surface area contributed by atoms with Crippen molar-refractivity contribution in [3.63, 3.8) is 0 Å². The highest BCUT2D eigenvalue weighted by molar-refractivity contribution is 9.08. The van der Waals surface area contributed by atoms with Gasteiger partial charge in [0.25, 0.3) is 5.91 Å². The summed E-state index contributed by atoms with van der Waals surface area (Å²) in [6, 6.07) is 9.62. The third kappa shape index (κ3) is 3.88. The summed E-state index contributed by atoms with van der Waals surface area (Å²) < 4.78 is 26.8. The molecule has 0 spiro atoms. The third-order valence-corrected chi connectivity index (χ3v) is 3.74. The molecule has 21 heavy (non-hydrogen) atoms. The first kappa shape index (κ1) is 15.6. The van der Waals surface area contributed by atoms with Crippen molar-refractivity contribution < 1.29 is 13.6 Å². The fourth-order valence-corrected chi connectivity index (χ4v) is 2.28. The van der Waals surface area contributed by atoms with Gasteiger partial charge >= 0.3 is 0 Å². The van der Waals surface area contributed by atoms with E-state index in [0.717, 1.165) is 22.5 Å². The Labute approximate surface area is 130 Å². The molecule has 1 amide bonds. The molecule has 0 bridgehead atoms. The number of hydrogen-bond acceptors (Lipinski definition) is 1. The zero-order valence-corrected chi connectivity index (χ0v) is 13.0. The molecule has 0 aliphatic carbocycles. The van der Waals surface area contributed by atoms with Gasteiger partial charge in [0.15, 0.2) is 0 Å². The number of alkyl halides is 1. The molecule has 0 atom stereocenters. The van der Waals surface area contributed by atoms with Gasteiger partial charge in [-0.05, 0) is 29.7 Å². The normalized spacial score (nSPS) is 10.5. The van der Waals surface area contributed by atoms with Crippen LogP contribution in [-0.4, -0.2) is 5.91 Å². The van der Waals surface area contributed by atoms with Gasteiger partial charge in [-0.15, -0.1) is 0 Å². The molecular formula is C16H14BrF2NO. The lowest BCUT2D eigenvalue weighted by Crippen LogP contribution is -2.24. The Hall–Kier alpha value is -1.75. The molecule has 2 nitrogen and oxygen atoms in total. The molecule has 2 aromatic rings. The summed E-state index contributed by atoms with van der Waals surface area (Å²) in [5.41, 5.74) is 2.10. The predicted molar refractivity (Wildman–Crippen MR) is 81.3 cm³/mol. The average Bonchev–Trinajstić information content (AvgIpc) is 2.48. The van der Waals surface area contributed by atoms with Crippen LogP contribution in [0.2, 0.25) is 0 Å². The monoisotopic (exact) mass is 353 g/mol. The van der Waals surface area contributed by atoms with Crippen LogP contribution in [-0.2, 0) is 11.9 Å². The lowest BCUT2D eigenvalue weighted by molar-refractivity contribution is 0.0946. The minimum Gasteiger partial charge on any atom is -0.348 e. The molecule has 5 heteroatoms. The lowest BCUT2D eigenvalue weighted by Gasteiger charge is -2.08. The van der Waals surface area contributed by atoms with Crippen LogP contribution >= 0.6 is 15.9 Å². The second-order valence-corrected chi connectivity index (χ2v) is 5.28. The minimum absolute atomic E-state index is 0.148. The number of hydrogen-bond donors (Lipinski definition) is 1. The zero-order chi connectivity index (χ0) is 15.4. The molecular weight excluding hydrogens is 340 g/mol. The van der Waals surface area contributed by atoms with Gasteiger partial charge in [-0.3, -0.25) is 4.79 Å². The van der Waals surface area contributed by atoms with Crippen LogP contribution in [0.15, 0.2) is 36.4 Å². The molecule has 0 saturated carbocycles. The Morgan fingerprint density at radius 2 is 1.86 bits per heavy atom. The van der Waals surface area contributed by atoms with Gasteiger partial charge in [-0.2, -0.15) is 0 Å². The highest BCUT2D eigenvalue weighted by Gasteiger charge is 2.14. The van der Waals surface area contributed by atoms with Crippen molar-refractivity contribution in [2.45, 2.75) is 18.8 Å². The predicted octanol–water partition coefficient (Wildman–Crippen LogP) is 4.10. The Kier molecular flexibility index (Phi) is 5.07. The highest BCUT2D eigenvalue weighted by Crippen LogP contribution is 2.14. The molecule has 2 rings (SSSR count). The van der Waals surface area contributed by atoms with E-state index in [1.807, 2.05) is 24.3 Å². The Balaban J connectivity index is 2.10. The topological polar surface area (TPSA) is 29.1 Å². The van der Waals surface area contributed by atoms with Crippen LogP contribution in [0.25, 0.3) is 0 Å². The number of carbonyl (C=O) groups excluding carboxylic acids is 1. The van der Waals surface area contributed by atoms with Crippen molar-refractivity contribution in [1.82, 2.24) is 5.32 Å². The van der Waals surface area contributed by atoms with E-state index in [4.69, 9.17) is 0 Å². The van der Waals surface area contributed by atoms with Gasteiger partial charge in [0.05, 0.1) is 5.56 Å². The van der Waals surface area contributed by atoms with Crippen molar-refractivity contribution in [3.05, 3.63) is 70.3 Å². The van der Waals surface area contributed by atoms with Gasteiger partial charge in [-0.1, -0.05) is 40.2 Å². The second-order valence-electron chi connectivity index (χ2n) is 4.72. The number of aryl methyl sites for hydroxylation is 1. The summed E-state index contributed by atoms with van der Waals surface area (Å²) in [6.45, 7) is 1.78. The number of nitrogens with one attached hydrogen (secondary N) is 1. The first-order chi connectivity index (χ1) is 10.0. The van der Waals surface area contributed by atoms with Crippen LogP contribution in [0.1, 0.15) is 27.0 Å². The number of amides is 1. The summed E-state index contributed by atoms with van der Waals surface area (Å²) >= 11 is 3.36. The van der Waals surface area contributed by atoms with Gasteiger partial charge in [0.1, 0.15) is 11.6 Å². The molecule has 0 aliphatic rings. The minimum atomic E-state index is -0.857. The van der Waals surface area contributed by atoms with Gasteiger partial charge in [-0.25, -0.2) is 8.78 Å². The summed E-state index contributed by atoms with van der Waals surface area (Å²) in [7, 11) is 0. The van der Waals surface area contributed by atoms with Crippen LogP contribution < -0.4 is 5.32 Å². The van der Waals surface area contributed by atoms with Crippen LogP contribution in [0.4, 0.5) is 8.78 Å². The standard InChI is InChI=1S/C16H14BrF2NO/c1-10-5-13(15(19)7-14(10)18)16(21)20-9-12-4-2-3-11(6-12)8-17/h2-7H,8-9H2,1H3,(H,20,21). The van der Waals surface area contributed by atoms with Crippen molar-refractivity contribution in [2.24, 2.45) is 0 Å². The van der Waals surface area contributed by atoms with E-state index >= 15 is 0 Å². The first-order valence-corrected chi connectivity index (χ1v) is 7.51. The van der Waals surface area contributed by atoms with Crippen molar-refractivity contribution in [2.75, 3.05) is 0 Å². The zero-order valence-electron chi connectivity index (χ0n) is 11.4. The van der Waals surface area contributed by atoms with Gasteiger partial charge in [0, 0.05) is 17.9 Å². The maximum Gasteiger partial charge on any atom is 0.254 e. The quantitative estimate of drug-likeness (QED) is 0.823. The molecule has 1 N–H and O–H groups in total. The smallest absolute Gasteiger partial charge is 0.254 e. The van der Waals surface area contributed by atoms with E-state index in [9.17, 15) is 13.6 Å². The maximum atomic E-state index is 13.6. The molecule has 0 radical (unpaired) electrons. The van der Waals surface area contributed by atoms with Gasteiger partial charge in [0.2, 0.25) is 0 Å². The summed E-state index contributed by atoms with van der Waals surface area (Å²) in [5, 5.41) is 3.36. The molecule has 0 aliphatic heterocycles. The first-order valence-electron chi connectivity index (χ1n) is 6.39. The van der Waals surface area contributed by atoms with Gasteiger partial charge < -0.3 is 5.32 Å². The van der Waals surface area contributed by atoms with E-state index in [0.29, 0.717) is 0 Å². The average molecular weight is 354 g/mol. The molecule has 0 fully saturated rings. The molecule has 0 unspecified atom stereocenters. The summed E-state index contributed by atoms with van der Waals surface area (Å²) in [4.78, 5) is 12.0. The molecule has 0 heterocycles. The summed E-state index contributed by atoms with van der Waals surface area (Å²) in [5.74, 6) is -2.07.